The largest absolute Gasteiger partial charge is 0.444 e. The molecule has 2 rings (SSSR count). The van der Waals surface area contributed by atoms with Gasteiger partial charge in [0.25, 0.3) is 5.91 Å². The van der Waals surface area contributed by atoms with Gasteiger partial charge >= 0.3 is 6.09 Å². The molecule has 1 aromatic rings. The van der Waals surface area contributed by atoms with E-state index in [-0.39, 0.29) is 12.5 Å². The van der Waals surface area contributed by atoms with E-state index in [1.165, 1.54) is 7.11 Å². The second kappa shape index (κ2) is 5.64. The topological polar surface area (TPSA) is 55.8 Å². The van der Waals surface area contributed by atoms with E-state index in [1.807, 2.05) is 30.3 Å². The molecule has 0 N–H and O–H groups in total. The van der Waals surface area contributed by atoms with E-state index in [1.54, 1.807) is 0 Å². The minimum atomic E-state index is -0.608. The Bertz CT molecular complexity index is 432. The zero-order valence-electron chi connectivity index (χ0n) is 10.2. The van der Waals surface area contributed by atoms with Crippen LogP contribution in [0.3, 0.4) is 0 Å². The summed E-state index contributed by atoms with van der Waals surface area (Å²) in [6.45, 7) is 0.520. The van der Waals surface area contributed by atoms with Gasteiger partial charge in [0.2, 0.25) is 0 Å². The van der Waals surface area contributed by atoms with Crippen LogP contribution in [0, 0.1) is 0 Å². The number of ether oxygens (including phenoxy) is 2. The normalized spacial score (nSPS) is 19.1. The number of carbonyl (C=O) groups is 2. The molecule has 18 heavy (non-hydrogen) atoms. The molecule has 1 saturated heterocycles. The van der Waals surface area contributed by atoms with Gasteiger partial charge in [-0.2, -0.15) is 0 Å². The smallest absolute Gasteiger partial charge is 0.416 e. The van der Waals surface area contributed by atoms with Gasteiger partial charge in [-0.1, -0.05) is 30.3 Å². The maximum atomic E-state index is 11.7. The van der Waals surface area contributed by atoms with Crippen molar-refractivity contribution in [1.82, 2.24) is 4.90 Å². The van der Waals surface area contributed by atoms with Crippen molar-refractivity contribution >= 4 is 12.0 Å². The molecule has 5 nitrogen and oxygen atoms in total. The summed E-state index contributed by atoms with van der Waals surface area (Å²) in [5, 5.41) is 0. The van der Waals surface area contributed by atoms with E-state index in [2.05, 4.69) is 0 Å². The number of benzene rings is 1. The van der Waals surface area contributed by atoms with Crippen LogP contribution in [0.15, 0.2) is 30.3 Å². The maximum Gasteiger partial charge on any atom is 0.416 e. The summed E-state index contributed by atoms with van der Waals surface area (Å²) >= 11 is 0. The lowest BCUT2D eigenvalue weighted by molar-refractivity contribution is -0.134. The Morgan fingerprint density at radius 1 is 1.39 bits per heavy atom. The first-order valence-corrected chi connectivity index (χ1v) is 5.77. The van der Waals surface area contributed by atoms with E-state index in [9.17, 15) is 9.59 Å². The lowest BCUT2D eigenvalue weighted by Gasteiger charge is -2.14. The number of amides is 2. The van der Waals surface area contributed by atoms with Gasteiger partial charge in [0.1, 0.15) is 12.7 Å². The summed E-state index contributed by atoms with van der Waals surface area (Å²) in [7, 11) is 1.46. The van der Waals surface area contributed by atoms with Crippen molar-refractivity contribution in [2.24, 2.45) is 0 Å². The summed E-state index contributed by atoms with van der Waals surface area (Å²) in [5.41, 5.74) is 0.890. The zero-order valence-corrected chi connectivity index (χ0v) is 10.2. The van der Waals surface area contributed by atoms with Crippen LogP contribution in [0.25, 0.3) is 0 Å². The molecule has 1 aliphatic rings. The van der Waals surface area contributed by atoms with Gasteiger partial charge in [-0.3, -0.25) is 4.79 Å². The van der Waals surface area contributed by atoms with E-state index < -0.39 is 12.2 Å². The second-order valence-corrected chi connectivity index (χ2v) is 4.04. The number of carbonyl (C=O) groups excluding carboxylic acids is 2. The van der Waals surface area contributed by atoms with Crippen LogP contribution in [0.2, 0.25) is 0 Å². The van der Waals surface area contributed by atoms with Crippen LogP contribution in [0.5, 0.6) is 0 Å². The van der Waals surface area contributed by atoms with Gasteiger partial charge in [0.05, 0.1) is 0 Å². The Balaban J connectivity index is 1.88. The van der Waals surface area contributed by atoms with Crippen molar-refractivity contribution in [3.63, 3.8) is 0 Å². The minimum Gasteiger partial charge on any atom is -0.444 e. The number of hydrogen-bond acceptors (Lipinski definition) is 4. The molecule has 1 heterocycles. The van der Waals surface area contributed by atoms with Gasteiger partial charge in [0, 0.05) is 20.1 Å². The molecule has 1 aliphatic heterocycles. The molecule has 1 atom stereocenters. The highest BCUT2D eigenvalue weighted by Gasteiger charge is 2.36. The lowest BCUT2D eigenvalue weighted by Crippen LogP contribution is -2.36. The van der Waals surface area contributed by atoms with Crippen molar-refractivity contribution < 1.29 is 19.1 Å². The Labute approximate surface area is 105 Å². The lowest BCUT2D eigenvalue weighted by atomic mass is 10.2. The summed E-state index contributed by atoms with van der Waals surface area (Å²) < 4.78 is 10.1. The Hall–Kier alpha value is -1.88. The third-order valence-electron chi connectivity index (χ3n) is 2.87. The molecule has 0 bridgehead atoms. The summed E-state index contributed by atoms with van der Waals surface area (Å²) in [6, 6.07) is 9.34. The van der Waals surface area contributed by atoms with Crippen molar-refractivity contribution in [2.45, 2.75) is 19.1 Å². The van der Waals surface area contributed by atoms with Crippen LogP contribution in [0.1, 0.15) is 12.0 Å². The van der Waals surface area contributed by atoms with Gasteiger partial charge in [-0.15, -0.1) is 0 Å². The molecule has 2 amide bonds. The van der Waals surface area contributed by atoms with E-state index in [4.69, 9.17) is 9.47 Å². The van der Waals surface area contributed by atoms with Crippen molar-refractivity contribution in [2.75, 3.05) is 13.7 Å². The fraction of sp³-hybridized carbons (Fsp3) is 0.385. The molecule has 96 valence electrons. The number of rotatable bonds is 3. The molecule has 0 spiro atoms. The molecular formula is C13H15NO4. The molecule has 1 aromatic carbocycles. The standard InChI is InChI=1S/C13H15NO4/c1-17-11-7-8-14(12(11)15)13(16)18-9-10-5-3-2-4-6-10/h2-6,11H,7-9H2,1H3. The van der Waals surface area contributed by atoms with Crippen molar-refractivity contribution in [3.8, 4) is 0 Å². The highest BCUT2D eigenvalue weighted by molar-refractivity contribution is 5.96. The van der Waals surface area contributed by atoms with Crippen molar-refractivity contribution in [3.05, 3.63) is 35.9 Å². The maximum absolute atomic E-state index is 11.7. The first-order valence-electron chi connectivity index (χ1n) is 5.77. The molecule has 0 radical (unpaired) electrons. The van der Waals surface area contributed by atoms with Gasteiger partial charge in [0.15, 0.2) is 0 Å². The second-order valence-electron chi connectivity index (χ2n) is 4.04. The van der Waals surface area contributed by atoms with Gasteiger partial charge in [-0.05, 0) is 5.56 Å². The molecule has 0 saturated carbocycles. The minimum absolute atomic E-state index is 0.168. The summed E-state index contributed by atoms with van der Waals surface area (Å²) in [6.07, 6.45) is -0.604. The molecule has 1 fully saturated rings. The predicted molar refractivity (Wildman–Crippen MR) is 63.8 cm³/mol. The molecule has 0 aromatic heterocycles. The van der Waals surface area contributed by atoms with Crippen molar-refractivity contribution in [1.29, 1.82) is 0 Å². The number of hydrogen-bond donors (Lipinski definition) is 0. The summed E-state index contributed by atoms with van der Waals surface area (Å²) in [5.74, 6) is -0.324. The van der Waals surface area contributed by atoms with Crippen LogP contribution in [-0.2, 0) is 20.9 Å². The first kappa shape index (κ1) is 12.6. The molecular weight excluding hydrogens is 234 g/mol. The van der Waals surface area contributed by atoms with Crippen LogP contribution >= 0.6 is 0 Å². The number of methoxy groups -OCH3 is 1. The molecule has 5 heteroatoms. The van der Waals surface area contributed by atoms with E-state index in [0.717, 1.165) is 10.5 Å². The third-order valence-corrected chi connectivity index (χ3v) is 2.87. The zero-order chi connectivity index (χ0) is 13.0. The first-order chi connectivity index (χ1) is 8.72. The average molecular weight is 249 g/mol. The van der Waals surface area contributed by atoms with Crippen LogP contribution < -0.4 is 0 Å². The van der Waals surface area contributed by atoms with Gasteiger partial charge < -0.3 is 9.47 Å². The van der Waals surface area contributed by atoms with Gasteiger partial charge in [-0.25, -0.2) is 9.69 Å². The Morgan fingerprint density at radius 2 is 2.11 bits per heavy atom. The van der Waals surface area contributed by atoms with E-state index >= 15 is 0 Å². The van der Waals surface area contributed by atoms with Crippen LogP contribution in [0.4, 0.5) is 4.79 Å². The monoisotopic (exact) mass is 249 g/mol. The SMILES string of the molecule is COC1CCN(C(=O)OCc2ccccc2)C1=O. The fourth-order valence-electron chi connectivity index (χ4n) is 1.85. The fourth-order valence-corrected chi connectivity index (χ4v) is 1.85. The third kappa shape index (κ3) is 2.68. The average Bonchev–Trinajstić information content (AvgIpc) is 2.78. The highest BCUT2D eigenvalue weighted by Crippen LogP contribution is 2.15. The highest BCUT2D eigenvalue weighted by atomic mass is 16.6. The van der Waals surface area contributed by atoms with E-state index in [0.29, 0.717) is 13.0 Å². The Kier molecular flexibility index (Phi) is 3.94. The van der Waals surface area contributed by atoms with Crippen LogP contribution in [-0.4, -0.2) is 36.7 Å². The number of nitrogens with zero attached hydrogens (tertiary/aromatic N) is 1. The number of likely N-dealkylation sites (tertiary alicyclic amines) is 1. The summed E-state index contributed by atoms with van der Waals surface area (Å²) in [4.78, 5) is 24.5. The predicted octanol–water partition coefficient (Wildman–Crippen LogP) is 1.57. The molecule has 1 unspecified atom stereocenters. The quantitative estimate of drug-likeness (QED) is 0.816. The Morgan fingerprint density at radius 3 is 2.72 bits per heavy atom. The molecule has 0 aliphatic carbocycles. The number of imide groups is 1.